The number of nitrogens with one attached hydrogen (secondary N) is 1. The van der Waals surface area contributed by atoms with Crippen LogP contribution in [0.2, 0.25) is 0 Å². The van der Waals surface area contributed by atoms with Crippen molar-refractivity contribution in [3.63, 3.8) is 0 Å². The second-order valence-corrected chi connectivity index (χ2v) is 29.1. The normalized spacial score (nSPS) is 25.3. The number of Topliss-reactive ketones (excluding diaryl/α,β-unsaturated/α-hetero) is 1. The maximum Gasteiger partial charge on any atom is 0.409 e. The summed E-state index contributed by atoms with van der Waals surface area (Å²) in [6, 6.07) is 21.3. The molecule has 6 N–H and O–H groups in total. The van der Waals surface area contributed by atoms with Crippen molar-refractivity contribution < 1.29 is 87.5 Å². The predicted octanol–water partition coefficient (Wildman–Crippen LogP) is 9.12. The third-order valence-corrected chi connectivity index (χ3v) is 20.9. The lowest BCUT2D eigenvalue weighted by Crippen LogP contribution is -2.64. The molecule has 526 valence electrons. The molecule has 27 heteroatoms. The number of hydrogen-bond acceptors (Lipinski definition) is 20. The number of amides is 5. The van der Waals surface area contributed by atoms with Crippen LogP contribution >= 0.6 is 11.3 Å². The van der Waals surface area contributed by atoms with Crippen molar-refractivity contribution in [2.75, 3.05) is 63.3 Å². The molecule has 5 fully saturated rings. The van der Waals surface area contributed by atoms with E-state index in [1.807, 2.05) is 60.1 Å². The Balaban J connectivity index is 0.651. The number of nitrogens with zero attached hydrogens (tertiary/aromatic N) is 7. The minimum Gasteiger partial charge on any atom is -0.491 e. The van der Waals surface area contributed by atoms with E-state index in [0.717, 1.165) is 78.5 Å². The Morgan fingerprint density at radius 2 is 1.57 bits per heavy atom. The van der Waals surface area contributed by atoms with Crippen LogP contribution in [-0.4, -0.2) is 186 Å². The molecule has 3 aliphatic heterocycles. The van der Waals surface area contributed by atoms with E-state index < -0.39 is 54.3 Å². The number of ether oxygens (including phenoxy) is 6. The lowest BCUT2D eigenvalue weighted by Gasteiger charge is -2.69. The molecule has 3 aromatic carbocycles. The first-order valence-electron chi connectivity index (χ1n) is 33.7. The monoisotopic (exact) mass is 1380 g/mol. The van der Waals surface area contributed by atoms with Crippen LogP contribution < -0.4 is 19.7 Å². The van der Waals surface area contributed by atoms with Crippen molar-refractivity contribution in [3.05, 3.63) is 114 Å². The minimum absolute atomic E-state index is 0.0462. The van der Waals surface area contributed by atoms with Crippen LogP contribution in [0.25, 0.3) is 32.6 Å². The van der Waals surface area contributed by atoms with Gasteiger partial charge in [-0.3, -0.25) is 34.2 Å². The fourth-order valence-corrected chi connectivity index (χ4v) is 17.3. The zero-order valence-electron chi connectivity index (χ0n) is 55.9. The first-order chi connectivity index (χ1) is 47.4. The minimum atomic E-state index is -1.97. The Morgan fingerprint density at radius 3 is 2.32 bits per heavy atom. The maximum absolute atomic E-state index is 13.8. The molecule has 6 heterocycles. The molecule has 26 nitrogen and oxygen atoms in total. The summed E-state index contributed by atoms with van der Waals surface area (Å²) in [5.41, 5.74) is 4.89. The molecule has 0 spiro atoms. The average molecular weight is 1380 g/mol. The molecular weight excluding hydrogens is 1300 g/mol. The molecule has 13 rings (SSSR count). The zero-order valence-corrected chi connectivity index (χ0v) is 56.7. The molecule has 5 amide bonds. The number of aliphatic hydroxyl groups excluding tert-OH is 3. The Morgan fingerprint density at radius 1 is 0.798 bits per heavy atom. The van der Waals surface area contributed by atoms with Gasteiger partial charge >= 0.3 is 24.1 Å². The summed E-state index contributed by atoms with van der Waals surface area (Å²) in [6.45, 7) is 8.56. The van der Waals surface area contributed by atoms with Gasteiger partial charge in [-0.1, -0.05) is 55.9 Å². The van der Waals surface area contributed by atoms with Gasteiger partial charge in [-0.15, -0.1) is 0 Å². The molecule has 4 bridgehead atoms. The van der Waals surface area contributed by atoms with Gasteiger partial charge in [-0.05, 0) is 142 Å². The fourth-order valence-electron chi connectivity index (χ4n) is 16.5. The summed E-state index contributed by atoms with van der Waals surface area (Å²) in [7, 11) is 1.59. The molecule has 99 heavy (non-hydrogen) atoms. The van der Waals surface area contributed by atoms with Gasteiger partial charge in [0.15, 0.2) is 16.9 Å². The molecule has 4 saturated carbocycles. The van der Waals surface area contributed by atoms with Crippen molar-refractivity contribution in [1.29, 1.82) is 0 Å². The number of pyridine rings is 1. The number of aliphatic hydroxyl groups is 3. The highest BCUT2D eigenvalue weighted by Crippen LogP contribution is 2.72. The van der Waals surface area contributed by atoms with Crippen LogP contribution in [0.4, 0.5) is 20.4 Å². The van der Waals surface area contributed by atoms with Crippen molar-refractivity contribution in [2.24, 2.45) is 16.2 Å². The van der Waals surface area contributed by atoms with Crippen molar-refractivity contribution in [1.82, 2.24) is 29.5 Å². The van der Waals surface area contributed by atoms with E-state index in [4.69, 9.17) is 38.5 Å². The molecule has 4 aliphatic carbocycles. The molecule has 1 saturated heterocycles. The van der Waals surface area contributed by atoms with Gasteiger partial charge in [0.1, 0.15) is 48.8 Å². The number of aromatic nitrogens is 4. The van der Waals surface area contributed by atoms with Crippen LogP contribution in [0.1, 0.15) is 125 Å². The fraction of sp³-hybridized carbons (Fsp3) is 0.500. The van der Waals surface area contributed by atoms with E-state index in [2.05, 4.69) is 24.1 Å². The molecule has 7 aliphatic rings. The number of unbranched alkanes of at least 4 members (excludes halogenated alkanes) is 2. The van der Waals surface area contributed by atoms with Gasteiger partial charge < -0.3 is 58.9 Å². The van der Waals surface area contributed by atoms with Crippen LogP contribution in [-0.2, 0) is 57.7 Å². The van der Waals surface area contributed by atoms with Crippen molar-refractivity contribution in [2.45, 2.75) is 160 Å². The smallest absolute Gasteiger partial charge is 0.409 e. The number of aromatic carboxylic acids is 1. The van der Waals surface area contributed by atoms with Gasteiger partial charge in [-0.25, -0.2) is 29.1 Å². The second kappa shape index (κ2) is 29.2. The Bertz CT molecular complexity index is 4030. The van der Waals surface area contributed by atoms with E-state index in [0.29, 0.717) is 92.3 Å². The molecule has 6 aromatic rings. The van der Waals surface area contributed by atoms with Gasteiger partial charge in [0.2, 0.25) is 6.29 Å². The number of carboxylic acid groups (broad SMARTS) is 2. The van der Waals surface area contributed by atoms with Gasteiger partial charge in [0.25, 0.3) is 11.8 Å². The first kappa shape index (κ1) is 70.2. The molecule has 2 unspecified atom stereocenters. The number of imide groups is 1. The number of carbonyl (C=O) groups is 7. The van der Waals surface area contributed by atoms with Gasteiger partial charge in [0, 0.05) is 105 Å². The number of benzene rings is 3. The molecule has 0 radical (unpaired) electrons. The number of urea groups is 1. The lowest BCUT2D eigenvalue weighted by atomic mass is 9.39. The number of carboxylic acids is 2. The van der Waals surface area contributed by atoms with Crippen LogP contribution in [0.3, 0.4) is 0 Å². The first-order valence-corrected chi connectivity index (χ1v) is 34.5. The van der Waals surface area contributed by atoms with Crippen LogP contribution in [0.15, 0.2) is 91.1 Å². The number of rotatable bonds is 29. The number of para-hydroxylation sites is 1. The van der Waals surface area contributed by atoms with E-state index >= 15 is 0 Å². The SMILES string of the molecule is Cc1c(-c2ccc(-c3ccc4c(c3)N(C(=O)Nc3nc5ccccc5s3)CCC4)nc2C(=O)O)cnn1CC12CC3(C)CC(C)(C1)CC(OCCN(C)C(=O)OCc1ccc(OCCOCCCC(=O)CCCCCN4C(=O)C=CC4=O)cc1O[C@@H]1O[C@H](C(=O)O)[C@@H](O)[C@H](O)[C@H]1O)(C3)C2. The van der Waals surface area contributed by atoms with Crippen LogP contribution in [0, 0.1) is 23.2 Å². The summed E-state index contributed by atoms with van der Waals surface area (Å²) >= 11 is 1.41. The number of ketones is 1. The van der Waals surface area contributed by atoms with Crippen molar-refractivity contribution in [3.8, 4) is 33.9 Å². The van der Waals surface area contributed by atoms with Crippen molar-refractivity contribution >= 4 is 74.0 Å². The Hall–Kier alpha value is -8.70. The number of likely N-dealkylation sites (N-methyl/N-ethyl adjacent to an activating group) is 1. The number of aliphatic carboxylic acids is 1. The van der Waals surface area contributed by atoms with E-state index in [-0.39, 0.29) is 95.6 Å². The summed E-state index contributed by atoms with van der Waals surface area (Å²) < 4.78 is 38.8. The zero-order chi connectivity index (χ0) is 70.0. The highest BCUT2D eigenvalue weighted by atomic mass is 32.1. The number of carbonyl (C=O) groups excluding carboxylic acids is 5. The molecular formula is C72H84N8O18S. The number of thiazole rings is 1. The van der Waals surface area contributed by atoms with E-state index in [1.165, 1.54) is 39.4 Å². The quantitative estimate of drug-likeness (QED) is 0.0188. The summed E-state index contributed by atoms with van der Waals surface area (Å²) in [6.07, 6.45) is 4.09. The summed E-state index contributed by atoms with van der Waals surface area (Å²) in [5, 5.41) is 60.7. The number of aryl methyl sites for hydroxylation is 1. The number of fused-ring (bicyclic) bond motifs is 2. The van der Waals surface area contributed by atoms with Gasteiger partial charge in [-0.2, -0.15) is 5.10 Å². The Kier molecular flexibility index (Phi) is 20.7. The maximum atomic E-state index is 13.8. The third kappa shape index (κ3) is 15.7. The second-order valence-electron chi connectivity index (χ2n) is 28.1. The Labute approximate surface area is 575 Å². The summed E-state index contributed by atoms with van der Waals surface area (Å²) in [5.74, 6) is -3.15. The number of hydrogen-bond donors (Lipinski definition) is 6. The van der Waals surface area contributed by atoms with E-state index in [9.17, 15) is 59.1 Å². The standard InChI is InChI=1S/C72H84N8O18S/c1-43-50(49-21-22-51(74-58(49)63(87)88)45-18-17-44-12-10-26-78(53(44)32-45)67(91)76-66-75-52-15-7-8-16-55(52)99-66)34-73-80(43)42-71-37-69(2)36-70(3,38-71)40-72(39-69,41-71)96-29-27-77(4)68(92)95-35-46-19-20-48(33-54(46)97-65-61(86)59(84)60(85)62(98-65)64(89)90)94-31-30-93-28-11-14-47(81)13-6-5-9-25-79-56(82)23-24-57(79)83/h7-8,15-24,32-34,59-62,65,84-86H,5-6,9-14,25-31,35-42H2,1-4H3,(H,87,88)(H,89,90)(H,75,76,91)/t59-,60-,61+,62-,65+,69?,70?,71?,72?/m0/s1. The topological polar surface area (TPSA) is 341 Å². The summed E-state index contributed by atoms with van der Waals surface area (Å²) in [4.78, 5) is 102. The highest BCUT2D eigenvalue weighted by Gasteiger charge is 2.66. The lowest BCUT2D eigenvalue weighted by molar-refractivity contribution is -0.271. The van der Waals surface area contributed by atoms with Gasteiger partial charge in [0.05, 0.1) is 40.9 Å². The average Bonchev–Trinajstić information content (AvgIpc) is 0.771. The largest absolute Gasteiger partial charge is 0.491 e. The predicted molar refractivity (Wildman–Crippen MR) is 361 cm³/mol. The van der Waals surface area contributed by atoms with Crippen LogP contribution in [0.5, 0.6) is 11.5 Å². The third-order valence-electron chi connectivity index (χ3n) is 20.0. The highest BCUT2D eigenvalue weighted by molar-refractivity contribution is 7.22. The van der Waals surface area contributed by atoms with E-state index in [1.54, 1.807) is 36.3 Å². The number of anilines is 2. The molecule has 3 aromatic heterocycles. The molecule has 7 atom stereocenters.